The largest absolute Gasteiger partial charge is 0.337 e. The fraction of sp³-hybridized carbons (Fsp3) is 0.917. The summed E-state index contributed by atoms with van der Waals surface area (Å²) in [4.78, 5) is 14.6. The molecule has 2 fully saturated rings. The Bertz CT molecular complexity index is 269. The summed E-state index contributed by atoms with van der Waals surface area (Å²) in [6.45, 7) is 3.74. The summed E-state index contributed by atoms with van der Waals surface area (Å²) in [5.74, 6) is 4.16. The van der Waals surface area contributed by atoms with Crippen molar-refractivity contribution in [1.82, 2.24) is 4.90 Å². The summed E-state index contributed by atoms with van der Waals surface area (Å²) in [7, 11) is 0. The number of amides is 1. The SMILES string of the molecule is C[C@@H]1CCCN(C(=O)[C@H]2CSCCS2)[C@H]1CN. The van der Waals surface area contributed by atoms with E-state index in [9.17, 15) is 4.79 Å². The van der Waals surface area contributed by atoms with Crippen molar-refractivity contribution < 1.29 is 4.79 Å². The van der Waals surface area contributed by atoms with Gasteiger partial charge in [0.1, 0.15) is 0 Å². The predicted molar refractivity (Wildman–Crippen MR) is 76.5 cm³/mol. The summed E-state index contributed by atoms with van der Waals surface area (Å²) in [5.41, 5.74) is 5.85. The number of piperidine rings is 1. The minimum absolute atomic E-state index is 0.174. The van der Waals surface area contributed by atoms with Crippen LogP contribution in [0.15, 0.2) is 0 Å². The van der Waals surface area contributed by atoms with Gasteiger partial charge >= 0.3 is 0 Å². The highest BCUT2D eigenvalue weighted by molar-refractivity contribution is 8.07. The standard InChI is InChI=1S/C12H22N2OS2/c1-9-3-2-4-14(10(9)7-13)12(15)11-8-16-5-6-17-11/h9-11H,2-8,13H2,1H3/t9-,10+,11-/m1/s1. The van der Waals surface area contributed by atoms with E-state index in [2.05, 4.69) is 11.8 Å². The van der Waals surface area contributed by atoms with Crippen LogP contribution in [0.2, 0.25) is 0 Å². The predicted octanol–water partition coefficient (Wildman–Crippen LogP) is 1.42. The van der Waals surface area contributed by atoms with Crippen LogP contribution in [-0.4, -0.2) is 52.4 Å². The first-order valence-electron chi connectivity index (χ1n) is 6.44. The second-order valence-corrected chi connectivity index (χ2v) is 7.35. The van der Waals surface area contributed by atoms with Crippen LogP contribution in [0.4, 0.5) is 0 Å². The number of hydrogen-bond acceptors (Lipinski definition) is 4. The highest BCUT2D eigenvalue weighted by Crippen LogP contribution is 2.29. The van der Waals surface area contributed by atoms with Crippen LogP contribution in [0, 0.1) is 5.92 Å². The number of nitrogens with zero attached hydrogens (tertiary/aromatic N) is 1. The number of nitrogens with two attached hydrogens (primary N) is 1. The molecule has 2 heterocycles. The highest BCUT2D eigenvalue weighted by Gasteiger charge is 2.35. The lowest BCUT2D eigenvalue weighted by atomic mass is 9.90. The van der Waals surface area contributed by atoms with E-state index in [1.165, 1.54) is 12.2 Å². The molecule has 0 aromatic rings. The van der Waals surface area contributed by atoms with Crippen molar-refractivity contribution in [2.75, 3.05) is 30.3 Å². The van der Waals surface area contributed by atoms with E-state index in [0.717, 1.165) is 24.5 Å². The number of hydrogen-bond donors (Lipinski definition) is 1. The van der Waals surface area contributed by atoms with Gasteiger partial charge in [-0.2, -0.15) is 11.8 Å². The van der Waals surface area contributed by atoms with E-state index in [4.69, 9.17) is 5.73 Å². The van der Waals surface area contributed by atoms with Gasteiger partial charge in [-0.15, -0.1) is 11.8 Å². The van der Waals surface area contributed by atoms with Crippen LogP contribution < -0.4 is 5.73 Å². The summed E-state index contributed by atoms with van der Waals surface area (Å²) in [6, 6.07) is 0.267. The average molecular weight is 274 g/mol. The van der Waals surface area contributed by atoms with E-state index in [0.29, 0.717) is 18.4 Å². The molecule has 2 N–H and O–H groups in total. The lowest BCUT2D eigenvalue weighted by Crippen LogP contribution is -2.54. The maximum Gasteiger partial charge on any atom is 0.236 e. The van der Waals surface area contributed by atoms with Gasteiger partial charge in [0.25, 0.3) is 0 Å². The van der Waals surface area contributed by atoms with Gasteiger partial charge in [-0.25, -0.2) is 0 Å². The van der Waals surface area contributed by atoms with Crippen LogP contribution in [-0.2, 0) is 4.79 Å². The summed E-state index contributed by atoms with van der Waals surface area (Å²) >= 11 is 3.73. The number of carbonyl (C=O) groups excluding carboxylic acids is 1. The van der Waals surface area contributed by atoms with Crippen LogP contribution >= 0.6 is 23.5 Å². The average Bonchev–Trinajstić information content (AvgIpc) is 2.38. The molecule has 0 aromatic heterocycles. The molecule has 0 unspecified atom stereocenters. The Morgan fingerprint density at radius 1 is 1.47 bits per heavy atom. The summed E-state index contributed by atoms with van der Waals surface area (Å²) in [6.07, 6.45) is 2.34. The quantitative estimate of drug-likeness (QED) is 0.827. The second-order valence-electron chi connectivity index (χ2n) is 4.89. The van der Waals surface area contributed by atoms with Crippen molar-refractivity contribution in [3.63, 3.8) is 0 Å². The Balaban J connectivity index is 2.00. The molecule has 2 rings (SSSR count). The lowest BCUT2D eigenvalue weighted by Gasteiger charge is -2.41. The van der Waals surface area contributed by atoms with Gasteiger partial charge in [0, 0.05) is 36.4 Å². The third-order valence-electron chi connectivity index (χ3n) is 3.73. The zero-order valence-electron chi connectivity index (χ0n) is 10.4. The molecule has 2 saturated heterocycles. The third-order valence-corrected chi connectivity index (χ3v) is 6.47. The van der Waals surface area contributed by atoms with E-state index in [-0.39, 0.29) is 11.3 Å². The number of rotatable bonds is 2. The van der Waals surface area contributed by atoms with E-state index in [1.807, 2.05) is 23.5 Å². The number of thioether (sulfide) groups is 2. The maximum atomic E-state index is 12.5. The van der Waals surface area contributed by atoms with Crippen molar-refractivity contribution in [2.24, 2.45) is 11.7 Å². The number of likely N-dealkylation sites (tertiary alicyclic amines) is 1. The Hall–Kier alpha value is 0.130. The zero-order chi connectivity index (χ0) is 12.3. The molecular weight excluding hydrogens is 252 g/mol. The monoisotopic (exact) mass is 274 g/mol. The molecule has 2 aliphatic heterocycles. The summed E-state index contributed by atoms with van der Waals surface area (Å²) in [5, 5.41) is 0.174. The minimum Gasteiger partial charge on any atom is -0.337 e. The normalized spacial score (nSPS) is 34.7. The molecule has 2 aliphatic rings. The fourth-order valence-corrected chi connectivity index (χ4v) is 5.31. The smallest absolute Gasteiger partial charge is 0.236 e. The van der Waals surface area contributed by atoms with Gasteiger partial charge in [-0.05, 0) is 18.8 Å². The first-order chi connectivity index (χ1) is 8.24. The Kier molecular flexibility index (Phi) is 5.06. The summed E-state index contributed by atoms with van der Waals surface area (Å²) < 4.78 is 0. The fourth-order valence-electron chi connectivity index (χ4n) is 2.70. The number of carbonyl (C=O) groups is 1. The molecule has 0 saturated carbocycles. The van der Waals surface area contributed by atoms with Crippen molar-refractivity contribution in [3.8, 4) is 0 Å². The first-order valence-corrected chi connectivity index (χ1v) is 8.64. The zero-order valence-corrected chi connectivity index (χ0v) is 12.1. The van der Waals surface area contributed by atoms with Crippen LogP contribution in [0.25, 0.3) is 0 Å². The third kappa shape index (κ3) is 3.12. The van der Waals surface area contributed by atoms with Crippen molar-refractivity contribution in [2.45, 2.75) is 31.1 Å². The Labute approximate surface area is 112 Å². The second kappa shape index (κ2) is 6.34. The Morgan fingerprint density at radius 3 is 2.94 bits per heavy atom. The molecule has 0 spiro atoms. The van der Waals surface area contributed by atoms with E-state index >= 15 is 0 Å². The van der Waals surface area contributed by atoms with Gasteiger partial charge in [-0.3, -0.25) is 4.79 Å². The van der Waals surface area contributed by atoms with Crippen LogP contribution in [0.5, 0.6) is 0 Å². The van der Waals surface area contributed by atoms with Crippen LogP contribution in [0.3, 0.4) is 0 Å². The molecular formula is C12H22N2OS2. The molecule has 0 radical (unpaired) electrons. The molecule has 0 bridgehead atoms. The van der Waals surface area contributed by atoms with Gasteiger partial charge in [0.15, 0.2) is 0 Å². The molecule has 0 aliphatic carbocycles. The van der Waals surface area contributed by atoms with Gasteiger partial charge < -0.3 is 10.6 Å². The van der Waals surface area contributed by atoms with Crippen molar-refractivity contribution >= 4 is 29.4 Å². The molecule has 5 heteroatoms. The molecule has 98 valence electrons. The molecule has 3 nitrogen and oxygen atoms in total. The van der Waals surface area contributed by atoms with Gasteiger partial charge in [-0.1, -0.05) is 6.92 Å². The molecule has 3 atom stereocenters. The van der Waals surface area contributed by atoms with Gasteiger partial charge in [0.05, 0.1) is 5.25 Å². The maximum absolute atomic E-state index is 12.5. The van der Waals surface area contributed by atoms with Crippen molar-refractivity contribution in [3.05, 3.63) is 0 Å². The van der Waals surface area contributed by atoms with E-state index in [1.54, 1.807) is 0 Å². The first kappa shape index (κ1) is 13.6. The lowest BCUT2D eigenvalue weighted by molar-refractivity contribution is -0.135. The Morgan fingerprint density at radius 2 is 2.29 bits per heavy atom. The molecule has 17 heavy (non-hydrogen) atoms. The van der Waals surface area contributed by atoms with Gasteiger partial charge in [0.2, 0.25) is 5.91 Å². The van der Waals surface area contributed by atoms with E-state index < -0.39 is 0 Å². The topological polar surface area (TPSA) is 46.3 Å². The van der Waals surface area contributed by atoms with Crippen LogP contribution in [0.1, 0.15) is 19.8 Å². The van der Waals surface area contributed by atoms with Crippen molar-refractivity contribution in [1.29, 1.82) is 0 Å². The highest BCUT2D eigenvalue weighted by atomic mass is 32.2. The molecule has 0 aromatic carbocycles. The minimum atomic E-state index is 0.174. The molecule has 1 amide bonds.